The van der Waals surface area contributed by atoms with E-state index >= 15 is 0 Å². The molecule has 0 N–H and O–H groups in total. The number of rotatable bonds is 5. The van der Waals surface area contributed by atoms with Crippen molar-refractivity contribution in [1.29, 1.82) is 0 Å². The van der Waals surface area contributed by atoms with Crippen LogP contribution in [0, 0.1) is 17.8 Å². The van der Waals surface area contributed by atoms with Crippen LogP contribution >= 0.6 is 0 Å². The van der Waals surface area contributed by atoms with Crippen LogP contribution in [0.5, 0.6) is 0 Å². The molecule has 0 saturated heterocycles. The Hall–Kier alpha value is -1.12. The number of ether oxygens (including phenoxy) is 1. The van der Waals surface area contributed by atoms with E-state index in [0.29, 0.717) is 12.2 Å². The first kappa shape index (κ1) is 17.2. The Morgan fingerprint density at radius 2 is 2.09 bits per heavy atom. The van der Waals surface area contributed by atoms with E-state index in [1.807, 2.05) is 13.8 Å². The summed E-state index contributed by atoms with van der Waals surface area (Å²) in [5.74, 6) is 0.586. The molecule has 2 aliphatic carbocycles. The van der Waals surface area contributed by atoms with Crippen molar-refractivity contribution in [2.24, 2.45) is 17.8 Å². The van der Waals surface area contributed by atoms with Crippen LogP contribution in [0.1, 0.15) is 72.6 Å². The van der Waals surface area contributed by atoms with Crippen molar-refractivity contribution in [2.45, 2.75) is 78.7 Å². The van der Waals surface area contributed by atoms with Crippen LogP contribution < -0.4 is 0 Å². The Bertz CT molecular complexity index is 463. The predicted octanol–water partition coefficient (Wildman–Crippen LogP) is 4.45. The minimum absolute atomic E-state index is 0.0433. The van der Waals surface area contributed by atoms with E-state index in [0.717, 1.165) is 38.5 Å². The summed E-state index contributed by atoms with van der Waals surface area (Å²) < 4.78 is 5.87. The molecule has 0 bridgehead atoms. The standard InChI is InChI=1S/C19H30O3/c1-5-8-15-13(4)16(20)11-14-9-7-10-17(18(14)15)22-19(21)12(3)6-2/h12-13,15,17H,5-11H2,1-4H3. The number of esters is 1. The van der Waals surface area contributed by atoms with Gasteiger partial charge in [-0.15, -0.1) is 0 Å². The first-order valence-electron chi connectivity index (χ1n) is 8.94. The number of carbonyl (C=O) groups excluding carboxylic acids is 2. The van der Waals surface area contributed by atoms with Gasteiger partial charge in [0.2, 0.25) is 0 Å². The largest absolute Gasteiger partial charge is 0.458 e. The van der Waals surface area contributed by atoms with Crippen LogP contribution in [0.25, 0.3) is 0 Å². The van der Waals surface area contributed by atoms with Crippen LogP contribution in [-0.2, 0) is 14.3 Å². The second-order valence-electron chi connectivity index (χ2n) is 7.01. The topological polar surface area (TPSA) is 43.4 Å². The SMILES string of the molecule is CCCC1C2=C(CCCC2OC(=O)C(C)CC)CC(=O)C1C. The molecule has 2 rings (SSSR count). The lowest BCUT2D eigenvalue weighted by molar-refractivity contribution is -0.152. The molecule has 0 spiro atoms. The lowest BCUT2D eigenvalue weighted by Gasteiger charge is -2.39. The van der Waals surface area contributed by atoms with Gasteiger partial charge < -0.3 is 4.74 Å². The van der Waals surface area contributed by atoms with Gasteiger partial charge in [-0.1, -0.05) is 39.7 Å². The molecule has 4 unspecified atom stereocenters. The molecule has 2 aliphatic rings. The normalized spacial score (nSPS) is 30.0. The summed E-state index contributed by atoms with van der Waals surface area (Å²) in [7, 11) is 0. The molecule has 0 aromatic carbocycles. The third kappa shape index (κ3) is 3.44. The minimum Gasteiger partial charge on any atom is -0.458 e. The summed E-state index contributed by atoms with van der Waals surface area (Å²) in [6, 6.07) is 0. The average molecular weight is 306 g/mol. The third-order valence-corrected chi connectivity index (χ3v) is 5.47. The monoisotopic (exact) mass is 306 g/mol. The van der Waals surface area contributed by atoms with Crippen molar-refractivity contribution in [1.82, 2.24) is 0 Å². The number of ketones is 1. The van der Waals surface area contributed by atoms with Gasteiger partial charge in [-0.25, -0.2) is 0 Å². The molecule has 0 aromatic heterocycles. The van der Waals surface area contributed by atoms with E-state index in [4.69, 9.17) is 4.74 Å². The molecule has 3 heteroatoms. The molecule has 3 nitrogen and oxygen atoms in total. The fourth-order valence-electron chi connectivity index (χ4n) is 3.85. The van der Waals surface area contributed by atoms with Crippen molar-refractivity contribution in [2.75, 3.05) is 0 Å². The van der Waals surface area contributed by atoms with Crippen LogP contribution in [0.15, 0.2) is 11.1 Å². The Labute approximate surface area is 134 Å². The summed E-state index contributed by atoms with van der Waals surface area (Å²) in [6.45, 7) is 8.15. The van der Waals surface area contributed by atoms with Gasteiger partial charge in [0.1, 0.15) is 11.9 Å². The van der Waals surface area contributed by atoms with Gasteiger partial charge in [-0.3, -0.25) is 9.59 Å². The fourth-order valence-corrected chi connectivity index (χ4v) is 3.85. The zero-order chi connectivity index (χ0) is 16.3. The lowest BCUT2D eigenvalue weighted by atomic mass is 9.68. The van der Waals surface area contributed by atoms with Crippen molar-refractivity contribution in [3.05, 3.63) is 11.1 Å². The van der Waals surface area contributed by atoms with Gasteiger partial charge in [0.05, 0.1) is 5.92 Å². The van der Waals surface area contributed by atoms with Crippen LogP contribution in [0.4, 0.5) is 0 Å². The maximum atomic E-state index is 12.3. The Kier molecular flexibility index (Phi) is 5.82. The molecule has 4 atom stereocenters. The van der Waals surface area contributed by atoms with Crippen LogP contribution in [-0.4, -0.2) is 17.9 Å². The Morgan fingerprint density at radius 3 is 2.73 bits per heavy atom. The maximum absolute atomic E-state index is 12.3. The lowest BCUT2D eigenvalue weighted by Crippen LogP contribution is -2.38. The summed E-state index contributed by atoms with van der Waals surface area (Å²) in [6.07, 6.45) is 6.33. The minimum atomic E-state index is -0.0858. The highest BCUT2D eigenvalue weighted by Gasteiger charge is 2.40. The molecular weight excluding hydrogens is 276 g/mol. The van der Waals surface area contributed by atoms with E-state index in [1.54, 1.807) is 0 Å². The predicted molar refractivity (Wildman–Crippen MR) is 87.4 cm³/mol. The van der Waals surface area contributed by atoms with Gasteiger partial charge in [-0.2, -0.15) is 0 Å². The molecule has 0 saturated carbocycles. The van der Waals surface area contributed by atoms with E-state index < -0.39 is 0 Å². The number of Topliss-reactive ketones (excluding diaryl/α,β-unsaturated/α-hetero) is 1. The van der Waals surface area contributed by atoms with Crippen molar-refractivity contribution in [3.8, 4) is 0 Å². The average Bonchev–Trinajstić information content (AvgIpc) is 2.51. The van der Waals surface area contributed by atoms with Gasteiger partial charge in [0, 0.05) is 12.3 Å². The van der Waals surface area contributed by atoms with Gasteiger partial charge in [0.15, 0.2) is 0 Å². The number of allylic oxidation sites excluding steroid dienone is 1. The third-order valence-electron chi connectivity index (χ3n) is 5.47. The first-order chi connectivity index (χ1) is 10.5. The molecule has 0 aliphatic heterocycles. The van der Waals surface area contributed by atoms with Crippen LogP contribution in [0.3, 0.4) is 0 Å². The second-order valence-corrected chi connectivity index (χ2v) is 7.01. The summed E-state index contributed by atoms with van der Waals surface area (Å²) in [4.78, 5) is 24.5. The molecule has 124 valence electrons. The van der Waals surface area contributed by atoms with E-state index in [1.165, 1.54) is 11.1 Å². The van der Waals surface area contributed by atoms with Crippen molar-refractivity contribution in [3.63, 3.8) is 0 Å². The Morgan fingerprint density at radius 1 is 1.36 bits per heavy atom. The van der Waals surface area contributed by atoms with Gasteiger partial charge in [-0.05, 0) is 43.6 Å². The summed E-state index contributed by atoms with van der Waals surface area (Å²) >= 11 is 0. The second kappa shape index (κ2) is 7.43. The van der Waals surface area contributed by atoms with E-state index in [-0.39, 0.29) is 29.8 Å². The van der Waals surface area contributed by atoms with Crippen molar-refractivity contribution >= 4 is 11.8 Å². The van der Waals surface area contributed by atoms with E-state index in [9.17, 15) is 9.59 Å². The summed E-state index contributed by atoms with van der Waals surface area (Å²) in [5.41, 5.74) is 2.58. The fraction of sp³-hybridized carbons (Fsp3) is 0.789. The number of hydrogen-bond acceptors (Lipinski definition) is 3. The molecular formula is C19H30O3. The molecule has 0 radical (unpaired) electrons. The summed E-state index contributed by atoms with van der Waals surface area (Å²) in [5, 5.41) is 0. The number of hydrogen-bond donors (Lipinski definition) is 0. The zero-order valence-electron chi connectivity index (χ0n) is 14.5. The molecule has 0 fully saturated rings. The highest BCUT2D eigenvalue weighted by atomic mass is 16.5. The van der Waals surface area contributed by atoms with Gasteiger partial charge in [0.25, 0.3) is 0 Å². The molecule has 22 heavy (non-hydrogen) atoms. The quantitative estimate of drug-likeness (QED) is 0.556. The van der Waals surface area contributed by atoms with Crippen LogP contribution in [0.2, 0.25) is 0 Å². The van der Waals surface area contributed by atoms with Gasteiger partial charge >= 0.3 is 5.97 Å². The maximum Gasteiger partial charge on any atom is 0.309 e. The highest BCUT2D eigenvalue weighted by Crippen LogP contribution is 2.43. The first-order valence-corrected chi connectivity index (χ1v) is 8.94. The highest BCUT2D eigenvalue weighted by molar-refractivity contribution is 5.85. The zero-order valence-corrected chi connectivity index (χ0v) is 14.5. The molecule has 0 heterocycles. The molecule has 0 aromatic rings. The van der Waals surface area contributed by atoms with E-state index in [2.05, 4.69) is 13.8 Å². The molecule has 0 amide bonds. The Balaban J connectivity index is 2.26. The van der Waals surface area contributed by atoms with Crippen molar-refractivity contribution < 1.29 is 14.3 Å². The smallest absolute Gasteiger partial charge is 0.309 e. The number of carbonyl (C=O) groups is 2.